The predicted octanol–water partition coefficient (Wildman–Crippen LogP) is 2.48. The maximum absolute atomic E-state index is 12.2. The second kappa shape index (κ2) is 9.37. The molecule has 1 aliphatic rings. The van der Waals surface area contributed by atoms with Crippen LogP contribution in [0.15, 0.2) is 48.5 Å². The summed E-state index contributed by atoms with van der Waals surface area (Å²) in [5.41, 5.74) is 3.21. The zero-order valence-electron chi connectivity index (χ0n) is 16.3. The Morgan fingerprint density at radius 3 is 2.57 bits per heavy atom. The van der Waals surface area contributed by atoms with Gasteiger partial charge in [-0.1, -0.05) is 36.8 Å². The van der Waals surface area contributed by atoms with E-state index in [1.807, 2.05) is 55.5 Å². The molecule has 0 aliphatic carbocycles. The van der Waals surface area contributed by atoms with Crippen molar-refractivity contribution in [1.29, 1.82) is 0 Å². The molecule has 0 bridgehead atoms. The van der Waals surface area contributed by atoms with E-state index in [1.54, 1.807) is 4.90 Å². The Bertz CT molecular complexity index is 802. The van der Waals surface area contributed by atoms with E-state index in [0.717, 1.165) is 17.7 Å². The number of hydrogen-bond acceptors (Lipinski definition) is 4. The molecule has 1 saturated heterocycles. The van der Waals surface area contributed by atoms with Crippen LogP contribution in [0.1, 0.15) is 18.1 Å². The maximum atomic E-state index is 12.2. The molecule has 1 N–H and O–H groups in total. The molecule has 2 aromatic carbocycles. The number of benzene rings is 2. The van der Waals surface area contributed by atoms with Crippen LogP contribution < -0.4 is 15.0 Å². The minimum atomic E-state index is -0.258. The average Bonchev–Trinajstić information content (AvgIpc) is 2.73. The number of nitrogens with zero attached hydrogens (tertiary/aromatic N) is 1. The monoisotopic (exact) mass is 382 g/mol. The summed E-state index contributed by atoms with van der Waals surface area (Å²) in [5, 5.41) is 2.81. The lowest BCUT2D eigenvalue weighted by atomic mass is 10.1. The second-order valence-corrected chi connectivity index (χ2v) is 6.86. The van der Waals surface area contributed by atoms with Gasteiger partial charge in [-0.05, 0) is 43.2 Å². The summed E-state index contributed by atoms with van der Waals surface area (Å²) in [7, 11) is 0. The molecular weight excluding hydrogens is 356 g/mol. The second-order valence-electron chi connectivity index (χ2n) is 6.86. The van der Waals surface area contributed by atoms with Gasteiger partial charge in [-0.15, -0.1) is 0 Å². The van der Waals surface area contributed by atoms with Crippen molar-refractivity contribution in [3.63, 3.8) is 0 Å². The van der Waals surface area contributed by atoms with Crippen LogP contribution in [0.3, 0.4) is 0 Å². The molecule has 1 atom stereocenters. The Labute approximate surface area is 165 Å². The molecule has 6 heteroatoms. The summed E-state index contributed by atoms with van der Waals surface area (Å²) in [5.74, 6) is 0.358. The van der Waals surface area contributed by atoms with Crippen molar-refractivity contribution < 1.29 is 19.1 Å². The normalized spacial score (nSPS) is 16.7. The predicted molar refractivity (Wildman–Crippen MR) is 108 cm³/mol. The van der Waals surface area contributed by atoms with Crippen LogP contribution in [0.2, 0.25) is 0 Å². The number of carbonyl (C=O) groups is 2. The van der Waals surface area contributed by atoms with Gasteiger partial charge in [-0.25, -0.2) is 0 Å². The zero-order valence-corrected chi connectivity index (χ0v) is 16.3. The maximum Gasteiger partial charge on any atom is 0.258 e. The first-order valence-electron chi connectivity index (χ1n) is 9.52. The van der Waals surface area contributed by atoms with Gasteiger partial charge in [0.1, 0.15) is 12.4 Å². The van der Waals surface area contributed by atoms with E-state index >= 15 is 0 Å². The van der Waals surface area contributed by atoms with Gasteiger partial charge in [-0.3, -0.25) is 9.59 Å². The van der Waals surface area contributed by atoms with Crippen molar-refractivity contribution in [3.8, 4) is 5.75 Å². The molecule has 28 heavy (non-hydrogen) atoms. The fraction of sp³-hybridized carbons (Fsp3) is 0.364. The minimum Gasteiger partial charge on any atom is -0.484 e. The summed E-state index contributed by atoms with van der Waals surface area (Å²) in [6.07, 6.45) is 0.697. The van der Waals surface area contributed by atoms with Gasteiger partial charge >= 0.3 is 0 Å². The van der Waals surface area contributed by atoms with E-state index in [9.17, 15) is 9.59 Å². The molecule has 0 aromatic heterocycles. The number of rotatable bonds is 7. The molecule has 0 radical (unpaired) electrons. The van der Waals surface area contributed by atoms with Crippen LogP contribution in [-0.2, 0) is 20.7 Å². The average molecular weight is 382 g/mol. The number of carbonyl (C=O) groups excluding carboxylic acids is 2. The molecule has 2 amide bonds. The van der Waals surface area contributed by atoms with Crippen LogP contribution in [0.25, 0.3) is 0 Å². The van der Waals surface area contributed by atoms with Gasteiger partial charge in [0.2, 0.25) is 0 Å². The van der Waals surface area contributed by atoms with E-state index in [-0.39, 0.29) is 31.1 Å². The Balaban J connectivity index is 1.47. The largest absolute Gasteiger partial charge is 0.484 e. The molecule has 0 saturated carbocycles. The molecular formula is C22H26N2O4. The van der Waals surface area contributed by atoms with Gasteiger partial charge in [0.15, 0.2) is 6.61 Å². The lowest BCUT2D eigenvalue weighted by Gasteiger charge is -2.33. The number of aryl methyl sites for hydroxylation is 2. The van der Waals surface area contributed by atoms with Gasteiger partial charge in [-0.2, -0.15) is 0 Å². The van der Waals surface area contributed by atoms with Crippen molar-refractivity contribution in [2.24, 2.45) is 0 Å². The van der Waals surface area contributed by atoms with E-state index in [2.05, 4.69) is 12.2 Å². The fourth-order valence-electron chi connectivity index (χ4n) is 2.97. The molecule has 3 rings (SSSR count). The van der Waals surface area contributed by atoms with Crippen LogP contribution >= 0.6 is 0 Å². The summed E-state index contributed by atoms with van der Waals surface area (Å²) >= 11 is 0. The first-order valence-corrected chi connectivity index (χ1v) is 9.52. The highest BCUT2D eigenvalue weighted by Crippen LogP contribution is 2.19. The van der Waals surface area contributed by atoms with Gasteiger partial charge in [0, 0.05) is 12.2 Å². The number of nitrogens with one attached hydrogen (secondary N) is 1. The third-order valence-electron chi connectivity index (χ3n) is 4.70. The molecule has 0 spiro atoms. The van der Waals surface area contributed by atoms with E-state index < -0.39 is 0 Å². The highest BCUT2D eigenvalue weighted by atomic mass is 16.5. The van der Waals surface area contributed by atoms with Crippen LogP contribution in [0.5, 0.6) is 5.75 Å². The standard InChI is InChI=1S/C22H26N2O4/c1-3-17-6-8-18(9-7-17)24-13-20(28-15-22(24)26)12-23-21(25)14-27-19-10-4-16(2)5-11-19/h4-11,20H,3,12-15H2,1-2H3,(H,23,25). The Morgan fingerprint density at radius 2 is 1.89 bits per heavy atom. The third-order valence-corrected chi connectivity index (χ3v) is 4.70. The first-order chi connectivity index (χ1) is 13.5. The summed E-state index contributed by atoms with van der Waals surface area (Å²) in [4.78, 5) is 26.0. The fourth-order valence-corrected chi connectivity index (χ4v) is 2.97. The molecule has 6 nitrogen and oxygen atoms in total. The summed E-state index contributed by atoms with van der Waals surface area (Å²) in [6, 6.07) is 15.5. The van der Waals surface area contributed by atoms with E-state index in [1.165, 1.54) is 5.56 Å². The number of morpholine rings is 1. The van der Waals surface area contributed by atoms with Gasteiger partial charge in [0.05, 0.1) is 12.6 Å². The SMILES string of the molecule is CCc1ccc(N2CC(CNC(=O)COc3ccc(C)cc3)OCC2=O)cc1. The molecule has 1 unspecified atom stereocenters. The summed E-state index contributed by atoms with van der Waals surface area (Å²) < 4.78 is 11.0. The smallest absolute Gasteiger partial charge is 0.258 e. The molecule has 1 heterocycles. The summed E-state index contributed by atoms with van der Waals surface area (Å²) in [6.45, 7) is 4.77. The van der Waals surface area contributed by atoms with Crippen LogP contribution in [0.4, 0.5) is 5.69 Å². The molecule has 1 aliphatic heterocycles. The Kier molecular flexibility index (Phi) is 6.66. The topological polar surface area (TPSA) is 67.9 Å². The number of amides is 2. The van der Waals surface area contributed by atoms with Crippen molar-refractivity contribution in [3.05, 3.63) is 59.7 Å². The Morgan fingerprint density at radius 1 is 1.18 bits per heavy atom. The van der Waals surface area contributed by atoms with Crippen molar-refractivity contribution in [2.45, 2.75) is 26.4 Å². The van der Waals surface area contributed by atoms with E-state index in [0.29, 0.717) is 18.8 Å². The van der Waals surface area contributed by atoms with Crippen molar-refractivity contribution in [2.75, 3.05) is 31.2 Å². The van der Waals surface area contributed by atoms with Crippen molar-refractivity contribution in [1.82, 2.24) is 5.32 Å². The highest BCUT2D eigenvalue weighted by Gasteiger charge is 2.27. The van der Waals surface area contributed by atoms with E-state index in [4.69, 9.17) is 9.47 Å². The minimum absolute atomic E-state index is 0.00985. The third kappa shape index (κ3) is 5.33. The van der Waals surface area contributed by atoms with Crippen LogP contribution in [0, 0.1) is 6.92 Å². The number of ether oxygens (including phenoxy) is 2. The number of hydrogen-bond donors (Lipinski definition) is 1. The molecule has 2 aromatic rings. The first kappa shape index (κ1) is 19.9. The molecule has 1 fully saturated rings. The number of anilines is 1. The molecule has 148 valence electrons. The van der Waals surface area contributed by atoms with Crippen molar-refractivity contribution >= 4 is 17.5 Å². The lowest BCUT2D eigenvalue weighted by Crippen LogP contribution is -2.51. The lowest BCUT2D eigenvalue weighted by molar-refractivity contribution is -0.130. The quantitative estimate of drug-likeness (QED) is 0.799. The Hall–Kier alpha value is -2.86. The zero-order chi connectivity index (χ0) is 19.9. The highest BCUT2D eigenvalue weighted by molar-refractivity contribution is 5.95. The van der Waals surface area contributed by atoms with Crippen LogP contribution in [-0.4, -0.2) is 44.2 Å². The van der Waals surface area contributed by atoms with Gasteiger partial charge < -0.3 is 19.7 Å². The van der Waals surface area contributed by atoms with Gasteiger partial charge in [0.25, 0.3) is 11.8 Å².